The Bertz CT molecular complexity index is 317. The summed E-state index contributed by atoms with van der Waals surface area (Å²) in [6.45, 7) is 0. The number of hydrogen-bond donors (Lipinski definition) is 0. The van der Waals surface area contributed by atoms with Gasteiger partial charge in [-0.15, -0.1) is 0 Å². The van der Waals surface area contributed by atoms with Crippen molar-refractivity contribution in [3.63, 3.8) is 0 Å². The van der Waals surface area contributed by atoms with Gasteiger partial charge in [0, 0.05) is 6.20 Å². The van der Waals surface area contributed by atoms with Gasteiger partial charge in [0.2, 0.25) is 5.89 Å². The smallest absolute Gasteiger partial charge is 0.245 e. The molecule has 2 aromatic rings. The lowest BCUT2D eigenvalue weighted by atomic mass is 10.4. The number of hydrogen-bond acceptors (Lipinski definition) is 4. The fraction of sp³-hybridized carbons (Fsp3) is 0. The fourth-order valence-electron chi connectivity index (χ4n) is 0.767. The Labute approximate surface area is 62.9 Å². The van der Waals surface area contributed by atoms with Crippen LogP contribution >= 0.6 is 0 Å². The predicted octanol–water partition coefficient (Wildman–Crippen LogP) is 1.13. The van der Waals surface area contributed by atoms with Gasteiger partial charge in [0.25, 0.3) is 0 Å². The van der Waals surface area contributed by atoms with E-state index in [1.807, 2.05) is 0 Å². The summed E-state index contributed by atoms with van der Waals surface area (Å²) in [6, 6.07) is 1.74. The maximum atomic E-state index is 5.02. The molecule has 54 valence electrons. The molecule has 0 saturated heterocycles. The largest absolute Gasteiger partial charge is 0.443 e. The van der Waals surface area contributed by atoms with Gasteiger partial charge in [-0.05, 0) is 6.07 Å². The van der Waals surface area contributed by atoms with Gasteiger partial charge in [0.15, 0.2) is 0 Å². The van der Waals surface area contributed by atoms with Crippen LogP contribution in [0.2, 0.25) is 0 Å². The van der Waals surface area contributed by atoms with Crippen LogP contribution in [-0.2, 0) is 0 Å². The Morgan fingerprint density at radius 1 is 1.18 bits per heavy atom. The van der Waals surface area contributed by atoms with E-state index in [4.69, 9.17) is 4.42 Å². The normalized spacial score (nSPS) is 9.82. The minimum absolute atomic E-state index is 0.521. The summed E-state index contributed by atoms with van der Waals surface area (Å²) in [5.74, 6) is 0.521. The molecular formula is C7H5N3O. The van der Waals surface area contributed by atoms with Gasteiger partial charge in [0.05, 0.1) is 6.20 Å². The van der Waals surface area contributed by atoms with Crippen LogP contribution in [-0.4, -0.2) is 15.0 Å². The molecular weight excluding hydrogens is 142 g/mol. The van der Waals surface area contributed by atoms with Crippen LogP contribution in [0.15, 0.2) is 35.5 Å². The molecule has 4 nitrogen and oxygen atoms in total. The van der Waals surface area contributed by atoms with E-state index < -0.39 is 0 Å². The van der Waals surface area contributed by atoms with E-state index in [1.54, 1.807) is 18.5 Å². The third kappa shape index (κ3) is 1.10. The topological polar surface area (TPSA) is 51.8 Å². The van der Waals surface area contributed by atoms with Crippen LogP contribution in [0.5, 0.6) is 0 Å². The van der Waals surface area contributed by atoms with Crippen LogP contribution in [0, 0.1) is 0 Å². The van der Waals surface area contributed by atoms with Crippen molar-refractivity contribution >= 4 is 0 Å². The molecule has 2 heterocycles. The van der Waals surface area contributed by atoms with Crippen molar-refractivity contribution in [3.8, 4) is 11.6 Å². The molecule has 0 aliphatic rings. The molecule has 4 heteroatoms. The zero-order valence-corrected chi connectivity index (χ0v) is 5.64. The summed E-state index contributed by atoms with van der Waals surface area (Å²) in [7, 11) is 0. The zero-order valence-electron chi connectivity index (χ0n) is 5.64. The molecule has 0 saturated carbocycles. The van der Waals surface area contributed by atoms with Gasteiger partial charge in [-0.25, -0.2) is 15.0 Å². The first-order valence-electron chi connectivity index (χ1n) is 3.13. The fourth-order valence-corrected chi connectivity index (χ4v) is 0.767. The van der Waals surface area contributed by atoms with Gasteiger partial charge in [0.1, 0.15) is 18.3 Å². The van der Waals surface area contributed by atoms with Crippen molar-refractivity contribution < 1.29 is 4.42 Å². The maximum Gasteiger partial charge on any atom is 0.245 e. The van der Waals surface area contributed by atoms with E-state index in [2.05, 4.69) is 15.0 Å². The van der Waals surface area contributed by atoms with Crippen LogP contribution in [0.4, 0.5) is 0 Å². The van der Waals surface area contributed by atoms with Crippen molar-refractivity contribution in [1.82, 2.24) is 15.0 Å². The SMILES string of the molecule is c1cc(-c2ncco2)ncn1. The molecule has 0 N–H and O–H groups in total. The van der Waals surface area contributed by atoms with Crippen molar-refractivity contribution in [2.75, 3.05) is 0 Å². The minimum Gasteiger partial charge on any atom is -0.443 e. The first kappa shape index (κ1) is 6.03. The third-order valence-electron chi connectivity index (χ3n) is 1.23. The first-order chi connectivity index (χ1) is 5.47. The molecule has 2 rings (SSSR count). The Morgan fingerprint density at radius 3 is 2.82 bits per heavy atom. The highest BCUT2D eigenvalue weighted by Crippen LogP contribution is 2.10. The van der Waals surface area contributed by atoms with Gasteiger partial charge < -0.3 is 4.42 Å². The van der Waals surface area contributed by atoms with E-state index in [1.165, 1.54) is 12.6 Å². The Kier molecular flexibility index (Phi) is 1.37. The third-order valence-corrected chi connectivity index (χ3v) is 1.23. The second-order valence-corrected chi connectivity index (χ2v) is 1.93. The van der Waals surface area contributed by atoms with E-state index >= 15 is 0 Å². The lowest BCUT2D eigenvalue weighted by molar-refractivity contribution is 0.572. The van der Waals surface area contributed by atoms with E-state index in [9.17, 15) is 0 Å². The maximum absolute atomic E-state index is 5.02. The van der Waals surface area contributed by atoms with Crippen molar-refractivity contribution in [2.45, 2.75) is 0 Å². The molecule has 0 aromatic carbocycles. The number of nitrogens with zero attached hydrogens (tertiary/aromatic N) is 3. The van der Waals surface area contributed by atoms with E-state index in [0.717, 1.165) is 0 Å². The van der Waals surface area contributed by atoms with Crippen molar-refractivity contribution in [2.24, 2.45) is 0 Å². The lowest BCUT2D eigenvalue weighted by Gasteiger charge is -1.89. The number of aromatic nitrogens is 3. The second kappa shape index (κ2) is 2.49. The molecule has 0 aliphatic carbocycles. The van der Waals surface area contributed by atoms with Crippen molar-refractivity contribution in [3.05, 3.63) is 31.1 Å². The summed E-state index contributed by atoms with van der Waals surface area (Å²) in [5, 5.41) is 0. The van der Waals surface area contributed by atoms with Gasteiger partial charge in [-0.2, -0.15) is 0 Å². The monoisotopic (exact) mass is 147 g/mol. The highest BCUT2D eigenvalue weighted by Gasteiger charge is 2.00. The van der Waals surface area contributed by atoms with E-state index in [0.29, 0.717) is 11.6 Å². The van der Waals surface area contributed by atoms with Crippen LogP contribution in [0.1, 0.15) is 0 Å². The molecule has 0 unspecified atom stereocenters. The van der Waals surface area contributed by atoms with Crippen molar-refractivity contribution in [1.29, 1.82) is 0 Å². The van der Waals surface area contributed by atoms with Crippen LogP contribution in [0.3, 0.4) is 0 Å². The minimum atomic E-state index is 0.521. The van der Waals surface area contributed by atoms with Gasteiger partial charge in [-0.1, -0.05) is 0 Å². The molecule has 0 radical (unpaired) electrons. The Morgan fingerprint density at radius 2 is 2.18 bits per heavy atom. The lowest BCUT2D eigenvalue weighted by Crippen LogP contribution is -1.82. The quantitative estimate of drug-likeness (QED) is 0.606. The average Bonchev–Trinajstić information content (AvgIpc) is 2.58. The predicted molar refractivity (Wildman–Crippen MR) is 37.5 cm³/mol. The van der Waals surface area contributed by atoms with E-state index in [-0.39, 0.29) is 0 Å². The Balaban J connectivity index is 2.46. The highest BCUT2D eigenvalue weighted by molar-refractivity contribution is 5.44. The van der Waals surface area contributed by atoms with Gasteiger partial charge >= 0.3 is 0 Å². The molecule has 11 heavy (non-hydrogen) atoms. The van der Waals surface area contributed by atoms with Crippen LogP contribution in [0.25, 0.3) is 11.6 Å². The van der Waals surface area contributed by atoms with Gasteiger partial charge in [-0.3, -0.25) is 0 Å². The average molecular weight is 147 g/mol. The second-order valence-electron chi connectivity index (χ2n) is 1.93. The summed E-state index contributed by atoms with van der Waals surface area (Å²) in [5.41, 5.74) is 0.699. The summed E-state index contributed by atoms with van der Waals surface area (Å²) in [6.07, 6.45) is 6.20. The molecule has 0 bridgehead atoms. The first-order valence-corrected chi connectivity index (χ1v) is 3.13. The highest BCUT2D eigenvalue weighted by atomic mass is 16.3. The molecule has 0 fully saturated rings. The summed E-state index contributed by atoms with van der Waals surface area (Å²) in [4.78, 5) is 11.7. The zero-order chi connectivity index (χ0) is 7.52. The summed E-state index contributed by atoms with van der Waals surface area (Å²) < 4.78 is 5.02. The standard InChI is InChI=1S/C7H5N3O/c1-2-8-5-10-6(1)7-9-3-4-11-7/h1-5H. The molecule has 0 spiro atoms. The number of oxazole rings is 1. The molecule has 2 aromatic heterocycles. The molecule has 0 aliphatic heterocycles. The molecule has 0 amide bonds. The number of rotatable bonds is 1. The van der Waals surface area contributed by atoms with Crippen LogP contribution < -0.4 is 0 Å². The summed E-state index contributed by atoms with van der Waals surface area (Å²) >= 11 is 0. The molecule has 0 atom stereocenters. The Hall–Kier alpha value is -1.71.